The van der Waals surface area contributed by atoms with Crippen LogP contribution < -0.4 is 4.74 Å². The van der Waals surface area contributed by atoms with Crippen LogP contribution in [0.5, 0.6) is 5.75 Å². The molecule has 4 heteroatoms. The van der Waals surface area contributed by atoms with Crippen LogP contribution in [-0.4, -0.2) is 22.5 Å². The molecule has 1 heterocycles. The minimum Gasteiger partial charge on any atom is -0.486 e. The summed E-state index contributed by atoms with van der Waals surface area (Å²) in [6, 6.07) is 5.48. The molecule has 0 saturated carbocycles. The zero-order chi connectivity index (χ0) is 14.2. The number of para-hydroxylation sites is 1. The van der Waals surface area contributed by atoms with Crippen molar-refractivity contribution in [2.75, 3.05) is 0 Å². The molecule has 0 bridgehead atoms. The van der Waals surface area contributed by atoms with Gasteiger partial charge in [0.25, 0.3) is 0 Å². The highest BCUT2D eigenvalue weighted by Gasteiger charge is 2.34. The van der Waals surface area contributed by atoms with Gasteiger partial charge in [0.05, 0.1) is 12.0 Å². The van der Waals surface area contributed by atoms with E-state index in [-0.39, 0.29) is 17.8 Å². The van der Waals surface area contributed by atoms with Crippen molar-refractivity contribution in [3.63, 3.8) is 0 Å². The molecule has 1 aliphatic rings. The quantitative estimate of drug-likeness (QED) is 0.847. The van der Waals surface area contributed by atoms with Gasteiger partial charge in [0.2, 0.25) is 0 Å². The maximum Gasteiger partial charge on any atom is 0.304 e. The second kappa shape index (κ2) is 4.68. The normalized spacial score (nSPS) is 17.4. The van der Waals surface area contributed by atoms with Crippen molar-refractivity contribution in [2.24, 2.45) is 5.92 Å². The van der Waals surface area contributed by atoms with Crippen molar-refractivity contribution in [1.82, 2.24) is 0 Å². The van der Waals surface area contributed by atoms with Crippen LogP contribution in [0.1, 0.15) is 43.1 Å². The first kappa shape index (κ1) is 13.6. The molecule has 0 aliphatic carbocycles. The van der Waals surface area contributed by atoms with Gasteiger partial charge in [-0.2, -0.15) is 0 Å². The molecule has 0 amide bonds. The highest BCUT2D eigenvalue weighted by atomic mass is 16.5. The average Bonchev–Trinajstić information content (AvgIpc) is 2.60. The third-order valence-electron chi connectivity index (χ3n) is 3.28. The van der Waals surface area contributed by atoms with Crippen molar-refractivity contribution < 1.29 is 19.4 Å². The van der Waals surface area contributed by atoms with Crippen LogP contribution in [0.15, 0.2) is 18.2 Å². The molecule has 102 valence electrons. The minimum absolute atomic E-state index is 0.161. The summed E-state index contributed by atoms with van der Waals surface area (Å²) in [6.45, 7) is 5.58. The molecular weight excluding hydrogens is 244 g/mol. The highest BCUT2D eigenvalue weighted by Crippen LogP contribution is 2.38. The summed E-state index contributed by atoms with van der Waals surface area (Å²) in [4.78, 5) is 23.0. The van der Waals surface area contributed by atoms with Crippen LogP contribution in [0, 0.1) is 5.92 Å². The molecule has 4 nitrogen and oxygen atoms in total. The predicted octanol–water partition coefficient (Wildman–Crippen LogP) is 2.69. The second-order valence-electron chi connectivity index (χ2n) is 5.70. The molecular formula is C15H18O4. The molecule has 0 spiro atoms. The summed E-state index contributed by atoms with van der Waals surface area (Å²) in [5, 5.41) is 8.77. The highest BCUT2D eigenvalue weighted by molar-refractivity contribution is 6.01. The summed E-state index contributed by atoms with van der Waals surface area (Å²) in [5.41, 5.74) is 1.20. The Labute approximate surface area is 112 Å². The Morgan fingerprint density at radius 2 is 2.11 bits per heavy atom. The molecule has 0 radical (unpaired) electrons. The van der Waals surface area contributed by atoms with Gasteiger partial charge in [-0.15, -0.1) is 0 Å². The Balaban J connectivity index is 2.31. The minimum atomic E-state index is -0.963. The number of carbonyl (C=O) groups excluding carboxylic acids is 1. The van der Waals surface area contributed by atoms with E-state index in [0.717, 1.165) is 12.0 Å². The van der Waals surface area contributed by atoms with Gasteiger partial charge in [-0.25, -0.2) is 0 Å². The number of carboxylic acids is 1. The number of Topliss-reactive ketones (excluding diaryl/α,β-unsaturated/α-hetero) is 1. The van der Waals surface area contributed by atoms with E-state index in [1.165, 1.54) is 0 Å². The lowest BCUT2D eigenvalue weighted by Crippen LogP contribution is -2.25. The van der Waals surface area contributed by atoms with E-state index in [1.807, 2.05) is 26.0 Å². The van der Waals surface area contributed by atoms with Crippen molar-refractivity contribution >= 4 is 11.8 Å². The van der Waals surface area contributed by atoms with Crippen LogP contribution in [0.4, 0.5) is 0 Å². The number of aliphatic carboxylic acids is 1. The third kappa shape index (κ3) is 2.78. The van der Waals surface area contributed by atoms with Crippen LogP contribution in [0.2, 0.25) is 0 Å². The fraction of sp³-hybridized carbons (Fsp3) is 0.467. The maximum atomic E-state index is 12.3. The molecule has 1 aromatic rings. The fourth-order valence-electron chi connectivity index (χ4n) is 2.43. The molecule has 1 aliphatic heterocycles. The number of carbonyl (C=O) groups is 2. The number of rotatable bonds is 4. The number of fused-ring (bicyclic) bond motifs is 1. The number of benzene rings is 1. The zero-order valence-corrected chi connectivity index (χ0v) is 11.4. The van der Waals surface area contributed by atoms with E-state index in [2.05, 4.69) is 0 Å². The Morgan fingerprint density at radius 1 is 1.42 bits per heavy atom. The van der Waals surface area contributed by atoms with E-state index in [4.69, 9.17) is 9.84 Å². The SMILES string of the molecule is CC(CC(=O)O)C(=O)c1cccc2c1OC(C)(C)C2. The van der Waals surface area contributed by atoms with Gasteiger partial charge in [-0.3, -0.25) is 9.59 Å². The smallest absolute Gasteiger partial charge is 0.304 e. The van der Waals surface area contributed by atoms with Gasteiger partial charge >= 0.3 is 5.97 Å². The maximum absolute atomic E-state index is 12.3. The second-order valence-corrected chi connectivity index (χ2v) is 5.70. The lowest BCUT2D eigenvalue weighted by Gasteiger charge is -2.18. The zero-order valence-electron chi connectivity index (χ0n) is 11.4. The predicted molar refractivity (Wildman–Crippen MR) is 70.6 cm³/mol. The molecule has 1 N–H and O–H groups in total. The molecule has 0 fully saturated rings. The van der Waals surface area contributed by atoms with Gasteiger partial charge in [-0.1, -0.05) is 19.1 Å². The molecule has 1 aromatic carbocycles. The molecule has 1 unspecified atom stereocenters. The average molecular weight is 262 g/mol. The number of ether oxygens (including phenoxy) is 1. The first-order chi connectivity index (χ1) is 8.80. The summed E-state index contributed by atoms with van der Waals surface area (Å²) in [6.07, 6.45) is 0.600. The number of carboxylic acid groups (broad SMARTS) is 1. The number of hydrogen-bond donors (Lipinski definition) is 1. The third-order valence-corrected chi connectivity index (χ3v) is 3.28. The summed E-state index contributed by atoms with van der Waals surface area (Å²) < 4.78 is 5.83. The lowest BCUT2D eigenvalue weighted by molar-refractivity contribution is -0.137. The first-order valence-electron chi connectivity index (χ1n) is 6.37. The van der Waals surface area contributed by atoms with Crippen molar-refractivity contribution in [1.29, 1.82) is 0 Å². The summed E-state index contributed by atoms with van der Waals surface area (Å²) in [7, 11) is 0. The Morgan fingerprint density at radius 3 is 2.74 bits per heavy atom. The monoisotopic (exact) mass is 262 g/mol. The van der Waals surface area contributed by atoms with E-state index in [1.54, 1.807) is 13.0 Å². The topological polar surface area (TPSA) is 63.6 Å². The van der Waals surface area contributed by atoms with E-state index < -0.39 is 11.9 Å². The fourth-order valence-corrected chi connectivity index (χ4v) is 2.43. The Kier molecular flexibility index (Phi) is 3.35. The number of hydrogen-bond acceptors (Lipinski definition) is 3. The number of ketones is 1. The van der Waals surface area contributed by atoms with Crippen molar-refractivity contribution in [2.45, 2.75) is 39.2 Å². The summed E-state index contributed by atoms with van der Waals surface area (Å²) >= 11 is 0. The van der Waals surface area contributed by atoms with Crippen LogP contribution in [-0.2, 0) is 11.2 Å². The van der Waals surface area contributed by atoms with E-state index in [9.17, 15) is 9.59 Å². The Bertz CT molecular complexity index is 531. The van der Waals surface area contributed by atoms with Crippen LogP contribution >= 0.6 is 0 Å². The largest absolute Gasteiger partial charge is 0.486 e. The van der Waals surface area contributed by atoms with E-state index in [0.29, 0.717) is 11.3 Å². The van der Waals surface area contributed by atoms with Crippen LogP contribution in [0.25, 0.3) is 0 Å². The molecule has 1 atom stereocenters. The van der Waals surface area contributed by atoms with Gasteiger partial charge in [0.15, 0.2) is 5.78 Å². The van der Waals surface area contributed by atoms with Crippen molar-refractivity contribution in [3.8, 4) is 5.75 Å². The molecule has 0 saturated heterocycles. The Hall–Kier alpha value is -1.84. The van der Waals surface area contributed by atoms with Gasteiger partial charge in [-0.05, 0) is 25.5 Å². The lowest BCUT2D eigenvalue weighted by atomic mass is 9.93. The molecule has 2 rings (SSSR count). The van der Waals surface area contributed by atoms with Gasteiger partial charge in [0, 0.05) is 12.3 Å². The van der Waals surface area contributed by atoms with Gasteiger partial charge in [0.1, 0.15) is 11.4 Å². The van der Waals surface area contributed by atoms with Crippen molar-refractivity contribution in [3.05, 3.63) is 29.3 Å². The molecule has 19 heavy (non-hydrogen) atoms. The first-order valence-corrected chi connectivity index (χ1v) is 6.37. The standard InChI is InChI=1S/C15H18O4/c1-9(7-12(16)17)13(18)11-6-4-5-10-8-15(2,3)19-14(10)11/h4-6,9H,7-8H2,1-3H3,(H,16,17). The van der Waals surface area contributed by atoms with E-state index >= 15 is 0 Å². The van der Waals surface area contributed by atoms with Gasteiger partial charge < -0.3 is 9.84 Å². The summed E-state index contributed by atoms with van der Waals surface area (Å²) in [5.74, 6) is -1.06. The van der Waals surface area contributed by atoms with Crippen LogP contribution in [0.3, 0.4) is 0 Å². The molecule has 0 aromatic heterocycles.